The topological polar surface area (TPSA) is 45.2 Å². The summed E-state index contributed by atoms with van der Waals surface area (Å²) in [4.78, 5) is 21.8. The van der Waals surface area contributed by atoms with E-state index in [4.69, 9.17) is 0 Å². The van der Waals surface area contributed by atoms with E-state index in [9.17, 15) is 4.79 Å². The summed E-state index contributed by atoms with van der Waals surface area (Å²) in [6.07, 6.45) is 6.25. The summed E-state index contributed by atoms with van der Waals surface area (Å²) in [7, 11) is -0.927. The lowest BCUT2D eigenvalue weighted by Crippen LogP contribution is -2.57. The highest BCUT2D eigenvalue weighted by Crippen LogP contribution is 2.42. The van der Waals surface area contributed by atoms with E-state index in [0.29, 0.717) is 11.8 Å². The van der Waals surface area contributed by atoms with Crippen LogP contribution in [0.15, 0.2) is 134 Å². The molecule has 1 N–H and O–H groups in total. The normalized spacial score (nSPS) is 21.9. The third-order valence-corrected chi connectivity index (χ3v) is 11.8. The second-order valence-corrected chi connectivity index (χ2v) is 13.8. The van der Waals surface area contributed by atoms with Crippen molar-refractivity contribution in [1.29, 1.82) is 0 Å². The molecule has 5 atom stereocenters. The molecule has 1 unspecified atom stereocenters. The Balaban J connectivity index is 1.30. The zero-order valence-corrected chi connectivity index (χ0v) is 25.1. The van der Waals surface area contributed by atoms with Crippen molar-refractivity contribution in [3.8, 4) is 0 Å². The first-order valence-corrected chi connectivity index (χ1v) is 16.6. The van der Waals surface area contributed by atoms with Crippen molar-refractivity contribution < 1.29 is 4.79 Å². The van der Waals surface area contributed by atoms with Gasteiger partial charge in [-0.15, -0.1) is 6.58 Å². The van der Waals surface area contributed by atoms with E-state index in [1.807, 2.05) is 36.5 Å². The standard InChI is InChI=1S/C38H36N3OP/c1-2-27-26-41-24-22-28(27)25-35(41)37(32-21-23-39-34-19-11-9-17-31(32)34)40-38(42)33-18-10-12-20-36(33)43(29-13-5-3-6-14-29)30-15-7-4-8-16-30/h2-21,23,27-28,35,37H,1,22,24-26H2,(H,40,42)/t27-,28-,35-,37-/m0/s1. The average Bonchev–Trinajstić information content (AvgIpc) is 3.08. The molecule has 1 amide bonds. The number of amides is 1. The van der Waals surface area contributed by atoms with Gasteiger partial charge in [0.2, 0.25) is 0 Å². The molecule has 0 radical (unpaired) electrons. The van der Waals surface area contributed by atoms with Crippen molar-refractivity contribution in [2.75, 3.05) is 13.1 Å². The van der Waals surface area contributed by atoms with E-state index in [1.54, 1.807) is 0 Å². The molecule has 2 bridgehead atoms. The highest BCUT2D eigenvalue weighted by atomic mass is 31.1. The Morgan fingerprint density at radius 3 is 2.26 bits per heavy atom. The largest absolute Gasteiger partial charge is 0.344 e. The molecule has 43 heavy (non-hydrogen) atoms. The third kappa shape index (κ3) is 5.42. The Kier molecular flexibility index (Phi) is 7.89. The van der Waals surface area contributed by atoms with Crippen molar-refractivity contribution in [3.63, 3.8) is 0 Å². The molecule has 4 nitrogen and oxygen atoms in total. The first-order chi connectivity index (χ1) is 21.2. The van der Waals surface area contributed by atoms with Crippen LogP contribution in [0.1, 0.15) is 34.8 Å². The van der Waals surface area contributed by atoms with E-state index in [2.05, 4.69) is 113 Å². The van der Waals surface area contributed by atoms with Crippen LogP contribution in [0.2, 0.25) is 0 Å². The Morgan fingerprint density at radius 1 is 0.884 bits per heavy atom. The lowest BCUT2D eigenvalue weighted by atomic mass is 9.73. The maximum Gasteiger partial charge on any atom is 0.252 e. The Bertz CT molecular complexity index is 1700. The molecule has 4 aromatic carbocycles. The molecule has 8 rings (SSSR count). The van der Waals surface area contributed by atoms with Crippen LogP contribution in [0, 0.1) is 11.8 Å². The Labute approximate surface area is 255 Å². The van der Waals surface area contributed by atoms with Crippen molar-refractivity contribution >= 4 is 40.6 Å². The van der Waals surface area contributed by atoms with Crippen LogP contribution in [-0.2, 0) is 0 Å². The minimum absolute atomic E-state index is 0.0243. The molecular weight excluding hydrogens is 545 g/mol. The molecule has 0 aliphatic carbocycles. The predicted molar refractivity (Wildman–Crippen MR) is 179 cm³/mol. The van der Waals surface area contributed by atoms with Crippen LogP contribution in [0.4, 0.5) is 0 Å². The van der Waals surface area contributed by atoms with E-state index < -0.39 is 7.92 Å². The quantitative estimate of drug-likeness (QED) is 0.171. The van der Waals surface area contributed by atoms with Crippen LogP contribution >= 0.6 is 7.92 Å². The highest BCUT2D eigenvalue weighted by Gasteiger charge is 2.43. The van der Waals surface area contributed by atoms with Crippen LogP contribution in [0.5, 0.6) is 0 Å². The molecular formula is C38H36N3OP. The van der Waals surface area contributed by atoms with Crippen LogP contribution in [0.25, 0.3) is 10.9 Å². The number of fused-ring (bicyclic) bond motifs is 4. The summed E-state index contributed by atoms with van der Waals surface area (Å²) >= 11 is 0. The molecule has 3 saturated heterocycles. The second-order valence-electron chi connectivity index (χ2n) is 11.6. The fourth-order valence-electron chi connectivity index (χ4n) is 7.16. The minimum Gasteiger partial charge on any atom is -0.344 e. The van der Waals surface area contributed by atoms with Crippen LogP contribution in [-0.4, -0.2) is 34.9 Å². The van der Waals surface area contributed by atoms with Gasteiger partial charge in [-0.2, -0.15) is 0 Å². The Hall–Kier alpha value is -4.11. The maximum absolute atomic E-state index is 14.6. The predicted octanol–water partition coefficient (Wildman–Crippen LogP) is 6.36. The summed E-state index contributed by atoms with van der Waals surface area (Å²) in [5, 5.41) is 8.23. The molecule has 4 heterocycles. The zero-order valence-electron chi connectivity index (χ0n) is 24.2. The summed E-state index contributed by atoms with van der Waals surface area (Å²) in [5.41, 5.74) is 2.83. The number of carbonyl (C=O) groups excluding carboxylic acids is 1. The smallest absolute Gasteiger partial charge is 0.252 e. The van der Waals surface area contributed by atoms with Gasteiger partial charge < -0.3 is 5.32 Å². The molecule has 3 aliphatic rings. The number of pyridine rings is 1. The molecule has 214 valence electrons. The molecule has 1 aromatic heterocycles. The molecule has 5 heteroatoms. The number of rotatable bonds is 8. The van der Waals surface area contributed by atoms with Gasteiger partial charge in [0.05, 0.1) is 11.6 Å². The minimum atomic E-state index is -0.927. The SMILES string of the molecule is C=C[C@H]1CN2CC[C@H]1C[C@H]2[C@@H](NC(=O)c1ccccc1P(c1ccccc1)c1ccccc1)c1ccnc2ccccc12. The third-order valence-electron chi connectivity index (χ3n) is 9.26. The van der Waals surface area contributed by atoms with E-state index in [-0.39, 0.29) is 18.0 Å². The summed E-state index contributed by atoms with van der Waals surface area (Å²) in [5.74, 6) is 1.08. The first kappa shape index (κ1) is 27.7. The number of benzene rings is 4. The van der Waals surface area contributed by atoms with Gasteiger partial charge in [0, 0.05) is 29.7 Å². The molecule has 3 fully saturated rings. The van der Waals surface area contributed by atoms with Gasteiger partial charge in [-0.05, 0) is 78.8 Å². The second kappa shape index (κ2) is 12.2. The summed E-state index contributed by atoms with van der Waals surface area (Å²) in [6, 6.07) is 39.8. The number of nitrogens with one attached hydrogen (secondary N) is 1. The van der Waals surface area contributed by atoms with Gasteiger partial charge in [0.15, 0.2) is 0 Å². The van der Waals surface area contributed by atoms with Gasteiger partial charge in [-0.3, -0.25) is 14.7 Å². The number of nitrogens with zero attached hydrogens (tertiary/aromatic N) is 2. The van der Waals surface area contributed by atoms with Crippen molar-refractivity contribution in [3.05, 3.63) is 145 Å². The number of hydrogen-bond acceptors (Lipinski definition) is 3. The number of aromatic nitrogens is 1. The van der Waals surface area contributed by atoms with Crippen molar-refractivity contribution in [2.24, 2.45) is 11.8 Å². The highest BCUT2D eigenvalue weighted by molar-refractivity contribution is 7.80. The van der Waals surface area contributed by atoms with Gasteiger partial charge in [0.25, 0.3) is 5.91 Å². The molecule has 3 aliphatic heterocycles. The lowest BCUT2D eigenvalue weighted by molar-refractivity contribution is 0.00171. The van der Waals surface area contributed by atoms with Crippen molar-refractivity contribution in [1.82, 2.24) is 15.2 Å². The number of piperidine rings is 3. The van der Waals surface area contributed by atoms with E-state index in [1.165, 1.54) is 17.0 Å². The van der Waals surface area contributed by atoms with E-state index >= 15 is 0 Å². The number of para-hydroxylation sites is 1. The van der Waals surface area contributed by atoms with Crippen molar-refractivity contribution in [2.45, 2.75) is 24.9 Å². The number of carbonyl (C=O) groups is 1. The maximum atomic E-state index is 14.6. The fourth-order valence-corrected chi connectivity index (χ4v) is 9.60. The van der Waals surface area contributed by atoms with Crippen LogP contribution in [0.3, 0.4) is 0 Å². The fraction of sp³-hybridized carbons (Fsp3) is 0.211. The zero-order chi connectivity index (χ0) is 29.2. The molecule has 0 saturated carbocycles. The van der Waals surface area contributed by atoms with Gasteiger partial charge in [-0.1, -0.05) is 103 Å². The van der Waals surface area contributed by atoms with Gasteiger partial charge in [-0.25, -0.2) is 0 Å². The van der Waals surface area contributed by atoms with Crippen LogP contribution < -0.4 is 21.2 Å². The Morgan fingerprint density at radius 2 is 1.56 bits per heavy atom. The monoisotopic (exact) mass is 581 g/mol. The van der Waals surface area contributed by atoms with E-state index in [0.717, 1.165) is 46.8 Å². The molecule has 5 aromatic rings. The summed E-state index contributed by atoms with van der Waals surface area (Å²) in [6.45, 7) is 6.19. The van der Waals surface area contributed by atoms with Gasteiger partial charge in [0.1, 0.15) is 0 Å². The first-order valence-electron chi connectivity index (χ1n) is 15.2. The molecule has 0 spiro atoms. The lowest BCUT2D eigenvalue weighted by Gasteiger charge is -2.51. The average molecular weight is 582 g/mol. The van der Waals surface area contributed by atoms with Gasteiger partial charge >= 0.3 is 0 Å². The summed E-state index contributed by atoms with van der Waals surface area (Å²) < 4.78 is 0. The number of hydrogen-bond donors (Lipinski definition) is 1.